The molecule has 1 rings (SSSR count). The van der Waals surface area contributed by atoms with Gasteiger partial charge in [0.1, 0.15) is 6.04 Å². The molecule has 0 aliphatic carbocycles. The van der Waals surface area contributed by atoms with Gasteiger partial charge in [0, 0.05) is 0 Å². The molecule has 0 fully saturated rings. The Morgan fingerprint density at radius 3 is 2.83 bits per heavy atom. The van der Waals surface area contributed by atoms with Crippen LogP contribution >= 0.6 is 0 Å². The molecule has 0 radical (unpaired) electrons. The highest BCUT2D eigenvalue weighted by Crippen LogP contribution is 2.06. The molecule has 0 saturated carbocycles. The predicted molar refractivity (Wildman–Crippen MR) is 38.8 cm³/mol. The van der Waals surface area contributed by atoms with Gasteiger partial charge in [-0.25, -0.2) is 4.98 Å². The number of aliphatic carboxylic acids is 1. The minimum atomic E-state index is -1.26. The first-order chi connectivity index (χ1) is 5.61. The van der Waals surface area contributed by atoms with E-state index >= 15 is 0 Å². The van der Waals surface area contributed by atoms with E-state index in [4.69, 9.17) is 10.8 Å². The Hall–Kier alpha value is -1.49. The second-order valence-corrected chi connectivity index (χ2v) is 2.20. The maximum atomic E-state index is 12.4. The number of nitrogens with two attached hydrogens (primary N) is 1. The van der Waals surface area contributed by atoms with Crippen LogP contribution in [0.3, 0.4) is 0 Å². The van der Waals surface area contributed by atoms with Crippen LogP contribution in [0.1, 0.15) is 11.7 Å². The van der Waals surface area contributed by atoms with Crippen LogP contribution in [-0.2, 0) is 4.79 Å². The number of hydrogen-bond acceptors (Lipinski definition) is 3. The molecule has 1 atom stereocenters. The highest BCUT2D eigenvalue weighted by molar-refractivity contribution is 5.74. The van der Waals surface area contributed by atoms with E-state index in [0.717, 1.165) is 6.07 Å². The van der Waals surface area contributed by atoms with Crippen LogP contribution in [0.4, 0.5) is 4.39 Å². The number of nitrogens with zero attached hydrogens (tertiary/aromatic N) is 1. The minimum absolute atomic E-state index is 0.0162. The Labute approximate surface area is 67.8 Å². The molecule has 0 amide bonds. The molecule has 3 N–H and O–H groups in total. The van der Waals surface area contributed by atoms with Crippen molar-refractivity contribution >= 4 is 5.97 Å². The SMILES string of the molecule is NC(C(=O)O)c1cccc(F)n1. The van der Waals surface area contributed by atoms with Crippen LogP contribution < -0.4 is 5.73 Å². The number of carbonyl (C=O) groups is 1. The van der Waals surface area contributed by atoms with E-state index in [0.29, 0.717) is 0 Å². The zero-order valence-electron chi connectivity index (χ0n) is 6.07. The topological polar surface area (TPSA) is 76.2 Å². The van der Waals surface area contributed by atoms with Crippen molar-refractivity contribution in [1.82, 2.24) is 4.98 Å². The number of carboxylic acids is 1. The van der Waals surface area contributed by atoms with Crippen molar-refractivity contribution in [3.05, 3.63) is 29.8 Å². The Balaban J connectivity index is 2.95. The summed E-state index contributed by atoms with van der Waals surface area (Å²) >= 11 is 0. The fraction of sp³-hybridized carbons (Fsp3) is 0.143. The third-order valence-electron chi connectivity index (χ3n) is 1.32. The van der Waals surface area contributed by atoms with Crippen LogP contribution in [0.15, 0.2) is 18.2 Å². The molecule has 0 aliphatic heterocycles. The van der Waals surface area contributed by atoms with Gasteiger partial charge in [0.25, 0.3) is 0 Å². The van der Waals surface area contributed by atoms with Crippen molar-refractivity contribution in [2.45, 2.75) is 6.04 Å². The lowest BCUT2D eigenvalue weighted by molar-refractivity contribution is -0.138. The van der Waals surface area contributed by atoms with Crippen molar-refractivity contribution in [1.29, 1.82) is 0 Å². The number of hydrogen-bond donors (Lipinski definition) is 2. The summed E-state index contributed by atoms with van der Waals surface area (Å²) in [7, 11) is 0. The molecule has 1 heterocycles. The summed E-state index contributed by atoms with van der Waals surface area (Å²) in [4.78, 5) is 13.6. The van der Waals surface area contributed by atoms with Gasteiger partial charge in [0.05, 0.1) is 5.69 Å². The number of carboxylic acid groups (broad SMARTS) is 1. The van der Waals surface area contributed by atoms with Crippen LogP contribution in [0.2, 0.25) is 0 Å². The van der Waals surface area contributed by atoms with E-state index in [1.165, 1.54) is 12.1 Å². The van der Waals surface area contributed by atoms with Gasteiger partial charge in [-0.2, -0.15) is 4.39 Å². The zero-order valence-corrected chi connectivity index (χ0v) is 6.07. The molecule has 0 bridgehead atoms. The average molecular weight is 170 g/mol. The molecule has 5 heteroatoms. The molecular weight excluding hydrogens is 163 g/mol. The van der Waals surface area contributed by atoms with Gasteiger partial charge in [-0.05, 0) is 12.1 Å². The van der Waals surface area contributed by atoms with E-state index in [2.05, 4.69) is 4.98 Å². The quantitative estimate of drug-likeness (QED) is 0.626. The third-order valence-corrected chi connectivity index (χ3v) is 1.32. The predicted octanol–water partition coefficient (Wildman–Crippen LogP) is 0.305. The summed E-state index contributed by atoms with van der Waals surface area (Å²) in [6.45, 7) is 0. The average Bonchev–Trinajstić information content (AvgIpc) is 2.03. The molecule has 4 nitrogen and oxygen atoms in total. The smallest absolute Gasteiger partial charge is 0.326 e. The van der Waals surface area contributed by atoms with Gasteiger partial charge in [-0.1, -0.05) is 6.07 Å². The van der Waals surface area contributed by atoms with Gasteiger partial charge >= 0.3 is 5.97 Å². The molecule has 0 spiro atoms. The number of pyridine rings is 1. The molecule has 1 aromatic heterocycles. The monoisotopic (exact) mass is 170 g/mol. The summed E-state index contributed by atoms with van der Waals surface area (Å²) in [6, 6.07) is 2.58. The lowest BCUT2D eigenvalue weighted by Crippen LogP contribution is -2.21. The lowest BCUT2D eigenvalue weighted by Gasteiger charge is -2.03. The van der Waals surface area contributed by atoms with Crippen LogP contribution in [0, 0.1) is 5.95 Å². The molecule has 12 heavy (non-hydrogen) atoms. The second-order valence-electron chi connectivity index (χ2n) is 2.20. The van der Waals surface area contributed by atoms with Gasteiger partial charge in [0.15, 0.2) is 0 Å². The van der Waals surface area contributed by atoms with E-state index in [1.54, 1.807) is 0 Å². The molecular formula is C7H7FN2O2. The van der Waals surface area contributed by atoms with Crippen molar-refractivity contribution in [3.8, 4) is 0 Å². The largest absolute Gasteiger partial charge is 0.480 e. The molecule has 1 unspecified atom stereocenters. The van der Waals surface area contributed by atoms with Crippen LogP contribution in [-0.4, -0.2) is 16.1 Å². The molecule has 0 aromatic carbocycles. The Bertz CT molecular complexity index is 303. The Morgan fingerprint density at radius 1 is 1.67 bits per heavy atom. The summed E-state index contributed by atoms with van der Waals surface area (Å²) in [5.74, 6) is -1.96. The molecule has 64 valence electrons. The molecule has 0 aliphatic rings. The van der Waals surface area contributed by atoms with Gasteiger partial charge in [-0.3, -0.25) is 4.79 Å². The number of rotatable bonds is 2. The van der Waals surface area contributed by atoms with Crippen molar-refractivity contribution in [3.63, 3.8) is 0 Å². The Kier molecular flexibility index (Phi) is 2.35. The van der Waals surface area contributed by atoms with E-state index < -0.39 is 18.0 Å². The van der Waals surface area contributed by atoms with Gasteiger partial charge in [0.2, 0.25) is 5.95 Å². The first-order valence-corrected chi connectivity index (χ1v) is 3.22. The van der Waals surface area contributed by atoms with Gasteiger partial charge in [-0.15, -0.1) is 0 Å². The first-order valence-electron chi connectivity index (χ1n) is 3.22. The minimum Gasteiger partial charge on any atom is -0.480 e. The Morgan fingerprint density at radius 2 is 2.33 bits per heavy atom. The highest BCUT2D eigenvalue weighted by Gasteiger charge is 2.15. The van der Waals surface area contributed by atoms with Gasteiger partial charge < -0.3 is 10.8 Å². The van der Waals surface area contributed by atoms with E-state index in [-0.39, 0.29) is 5.69 Å². The maximum Gasteiger partial charge on any atom is 0.326 e. The lowest BCUT2D eigenvalue weighted by atomic mass is 10.2. The molecule has 1 aromatic rings. The van der Waals surface area contributed by atoms with E-state index in [1.807, 2.05) is 0 Å². The van der Waals surface area contributed by atoms with E-state index in [9.17, 15) is 9.18 Å². The third kappa shape index (κ3) is 1.76. The van der Waals surface area contributed by atoms with Crippen LogP contribution in [0.25, 0.3) is 0 Å². The summed E-state index contributed by atoms with van der Waals surface area (Å²) in [5.41, 5.74) is 5.19. The zero-order chi connectivity index (χ0) is 9.14. The second kappa shape index (κ2) is 3.27. The molecule has 0 saturated heterocycles. The number of aromatic nitrogens is 1. The summed E-state index contributed by atoms with van der Waals surface area (Å²) < 4.78 is 12.4. The number of halogens is 1. The van der Waals surface area contributed by atoms with Crippen molar-refractivity contribution in [2.24, 2.45) is 5.73 Å². The van der Waals surface area contributed by atoms with Crippen molar-refractivity contribution < 1.29 is 14.3 Å². The summed E-state index contributed by atoms with van der Waals surface area (Å²) in [6.07, 6.45) is 0. The van der Waals surface area contributed by atoms with Crippen molar-refractivity contribution in [2.75, 3.05) is 0 Å². The normalized spacial score (nSPS) is 12.5. The first kappa shape index (κ1) is 8.61. The van der Waals surface area contributed by atoms with Crippen LogP contribution in [0.5, 0.6) is 0 Å². The fourth-order valence-corrected chi connectivity index (χ4v) is 0.724. The highest BCUT2D eigenvalue weighted by atomic mass is 19.1. The standard InChI is InChI=1S/C7H7FN2O2/c8-5-3-1-2-4(10-5)6(9)7(11)12/h1-3,6H,9H2,(H,11,12). The summed E-state index contributed by atoms with van der Waals surface area (Å²) in [5, 5.41) is 8.44. The fourth-order valence-electron chi connectivity index (χ4n) is 0.724. The maximum absolute atomic E-state index is 12.4.